The van der Waals surface area contributed by atoms with Crippen LogP contribution in [0, 0.1) is 17.2 Å². The lowest BCUT2D eigenvalue weighted by atomic mass is 9.88. The van der Waals surface area contributed by atoms with E-state index in [4.69, 9.17) is 9.97 Å². The van der Waals surface area contributed by atoms with Crippen molar-refractivity contribution in [2.45, 2.75) is 5.92 Å². The highest BCUT2D eigenvalue weighted by Gasteiger charge is 2.39. The molecule has 0 spiro atoms. The molecule has 2 fully saturated rings. The number of pyridine rings is 1. The maximum Gasteiger partial charge on any atom is 0.227 e. The van der Waals surface area contributed by atoms with Crippen LogP contribution in [0.15, 0.2) is 73.4 Å². The van der Waals surface area contributed by atoms with E-state index in [1.54, 1.807) is 27.8 Å². The molecule has 7 rings (SSSR count). The van der Waals surface area contributed by atoms with Gasteiger partial charge < -0.3 is 14.7 Å². The first-order valence-corrected chi connectivity index (χ1v) is 14.5. The topological polar surface area (TPSA) is 111 Å². The number of hydrogen-bond acceptors (Lipinski definition) is 8. The Morgan fingerprint density at radius 2 is 1.72 bits per heavy atom. The number of aromatic nitrogens is 6. The maximum atomic E-state index is 13.7. The third kappa shape index (κ3) is 5.00. The molecule has 2 aliphatic rings. The van der Waals surface area contributed by atoms with Crippen molar-refractivity contribution in [3.63, 3.8) is 0 Å². The summed E-state index contributed by atoms with van der Waals surface area (Å²) in [6.07, 6.45) is 8.82. The van der Waals surface area contributed by atoms with Crippen molar-refractivity contribution in [1.82, 2.24) is 39.2 Å². The lowest BCUT2D eigenvalue weighted by molar-refractivity contribution is -0.135. The Hall–Kier alpha value is -5.08. The van der Waals surface area contributed by atoms with Crippen molar-refractivity contribution >= 4 is 17.2 Å². The fourth-order valence-electron chi connectivity index (χ4n) is 6.38. The van der Waals surface area contributed by atoms with Crippen molar-refractivity contribution in [3.05, 3.63) is 84.6 Å². The van der Waals surface area contributed by atoms with Crippen LogP contribution in [-0.4, -0.2) is 91.4 Å². The van der Waals surface area contributed by atoms with Crippen LogP contribution in [0.3, 0.4) is 0 Å². The molecule has 1 amide bonds. The molecule has 0 unspecified atom stereocenters. The van der Waals surface area contributed by atoms with Crippen LogP contribution in [0.4, 0.5) is 5.82 Å². The molecule has 43 heavy (non-hydrogen) atoms. The zero-order valence-corrected chi connectivity index (χ0v) is 24.2. The van der Waals surface area contributed by atoms with Crippen molar-refractivity contribution in [3.8, 4) is 28.6 Å². The summed E-state index contributed by atoms with van der Waals surface area (Å²) in [5.74, 6) is 1.30. The summed E-state index contributed by atoms with van der Waals surface area (Å²) in [4.78, 5) is 29.9. The number of carbonyl (C=O) groups is 1. The van der Waals surface area contributed by atoms with E-state index >= 15 is 0 Å². The molecule has 0 bridgehead atoms. The molecule has 5 aromatic rings. The fourth-order valence-corrected chi connectivity index (χ4v) is 6.38. The number of piperazine rings is 1. The summed E-state index contributed by atoms with van der Waals surface area (Å²) < 4.78 is 3.42. The first kappa shape index (κ1) is 26.8. The Bertz CT molecular complexity index is 1810. The van der Waals surface area contributed by atoms with E-state index in [0.29, 0.717) is 35.6 Å². The first-order chi connectivity index (χ1) is 21.0. The number of hydrogen-bond donors (Lipinski definition) is 0. The number of rotatable bonds is 5. The van der Waals surface area contributed by atoms with Gasteiger partial charge in [-0.15, -0.1) is 0 Å². The van der Waals surface area contributed by atoms with Crippen molar-refractivity contribution in [2.24, 2.45) is 13.0 Å². The summed E-state index contributed by atoms with van der Waals surface area (Å²) in [5.41, 5.74) is 5.33. The van der Waals surface area contributed by atoms with Crippen molar-refractivity contribution in [1.29, 1.82) is 5.26 Å². The molecule has 1 aromatic carbocycles. The predicted octanol–water partition coefficient (Wildman–Crippen LogP) is 3.06. The van der Waals surface area contributed by atoms with Crippen LogP contribution >= 0.6 is 0 Å². The number of nitriles is 1. The summed E-state index contributed by atoms with van der Waals surface area (Å²) in [5, 5.41) is 18.4. The van der Waals surface area contributed by atoms with Gasteiger partial charge in [0.2, 0.25) is 5.91 Å². The highest BCUT2D eigenvalue weighted by molar-refractivity contribution is 5.83. The average molecular weight is 573 g/mol. The Labute approximate surface area is 249 Å². The van der Waals surface area contributed by atoms with Gasteiger partial charge in [0.25, 0.3) is 0 Å². The third-order valence-corrected chi connectivity index (χ3v) is 8.60. The third-order valence-electron chi connectivity index (χ3n) is 8.60. The van der Waals surface area contributed by atoms with E-state index in [1.807, 2.05) is 42.5 Å². The number of likely N-dealkylation sites (N-methyl/N-ethyl adjacent to an activating group) is 1. The lowest BCUT2D eigenvalue weighted by Gasteiger charge is -2.37. The molecule has 216 valence electrons. The minimum atomic E-state index is -0.0232. The zero-order chi connectivity index (χ0) is 29.5. The van der Waals surface area contributed by atoms with E-state index in [9.17, 15) is 10.1 Å². The van der Waals surface area contributed by atoms with Gasteiger partial charge in [-0.2, -0.15) is 15.5 Å². The van der Waals surface area contributed by atoms with E-state index in [2.05, 4.69) is 57.4 Å². The molecule has 4 aromatic heterocycles. The number of nitrogens with zero attached hydrogens (tertiary/aromatic N) is 10. The van der Waals surface area contributed by atoms with Gasteiger partial charge in [-0.25, -0.2) is 14.5 Å². The van der Waals surface area contributed by atoms with Gasteiger partial charge >= 0.3 is 0 Å². The summed E-state index contributed by atoms with van der Waals surface area (Å²) >= 11 is 0. The molecular formula is C32H32N10O. The van der Waals surface area contributed by atoms with Crippen LogP contribution in [-0.2, 0) is 11.8 Å². The van der Waals surface area contributed by atoms with Crippen LogP contribution in [0.1, 0.15) is 17.0 Å². The van der Waals surface area contributed by atoms with Gasteiger partial charge in [-0.1, -0.05) is 30.3 Å². The van der Waals surface area contributed by atoms with E-state index in [0.717, 1.165) is 43.1 Å². The number of likely N-dealkylation sites (tertiary alicyclic amines) is 1. The van der Waals surface area contributed by atoms with Gasteiger partial charge in [0.15, 0.2) is 0 Å². The second kappa shape index (κ2) is 11.0. The number of aryl methyl sites for hydroxylation is 1. The minimum absolute atomic E-state index is 0.0232. The lowest BCUT2D eigenvalue weighted by Crippen LogP contribution is -2.51. The maximum absolute atomic E-state index is 13.7. The SMILES string of the molecule is CN1C[C@@H](C(=O)N2CCN(c3ccc(-c4nc(-c5cnn(C)c5)cn5ncc(C#N)c45)cn3)CC2)[C@H](c2ccccc2)C1. The second-order valence-corrected chi connectivity index (χ2v) is 11.4. The number of benzene rings is 1. The smallest absolute Gasteiger partial charge is 0.227 e. The van der Waals surface area contributed by atoms with Crippen LogP contribution in [0.25, 0.3) is 28.0 Å². The monoisotopic (exact) mass is 572 g/mol. The van der Waals surface area contributed by atoms with Gasteiger partial charge in [0.05, 0.1) is 35.9 Å². The second-order valence-electron chi connectivity index (χ2n) is 11.4. The van der Waals surface area contributed by atoms with Crippen LogP contribution < -0.4 is 4.90 Å². The molecule has 11 nitrogen and oxygen atoms in total. The zero-order valence-electron chi connectivity index (χ0n) is 24.2. The van der Waals surface area contributed by atoms with E-state index < -0.39 is 0 Å². The standard InChI is InChI=1S/C32H32N10O/c1-38-19-26(22-6-4-3-5-7-22)27(20-38)32(43)41-12-10-40(11-13-41)29-9-8-23(15-34-29)30-31-24(14-33)16-36-42(31)21-28(37-30)25-17-35-39(2)18-25/h3-9,15-18,21,26-27H,10-13,19-20H2,1-2H3/t26-,27+/m0/s1. The summed E-state index contributed by atoms with van der Waals surface area (Å²) in [6, 6.07) is 16.6. The van der Waals surface area contributed by atoms with Gasteiger partial charge in [0.1, 0.15) is 23.0 Å². The summed E-state index contributed by atoms with van der Waals surface area (Å²) in [6.45, 7) is 4.46. The molecule has 0 N–H and O–H groups in total. The van der Waals surface area contributed by atoms with Crippen molar-refractivity contribution in [2.75, 3.05) is 51.2 Å². The number of fused-ring (bicyclic) bond motifs is 1. The summed E-state index contributed by atoms with van der Waals surface area (Å²) in [7, 11) is 3.96. The number of anilines is 1. The minimum Gasteiger partial charge on any atom is -0.353 e. The Kier molecular flexibility index (Phi) is 6.83. The molecule has 0 aliphatic carbocycles. The molecule has 0 saturated carbocycles. The Morgan fingerprint density at radius 1 is 0.907 bits per heavy atom. The normalized spacial score (nSPS) is 19.2. The molecule has 11 heteroatoms. The molecular weight excluding hydrogens is 540 g/mol. The number of amides is 1. The van der Waals surface area contributed by atoms with Gasteiger partial charge in [-0.05, 0) is 24.7 Å². The van der Waals surface area contributed by atoms with Gasteiger partial charge in [-0.3, -0.25) is 9.48 Å². The van der Waals surface area contributed by atoms with Crippen LogP contribution in [0.2, 0.25) is 0 Å². The first-order valence-electron chi connectivity index (χ1n) is 14.5. The van der Waals surface area contributed by atoms with E-state index in [1.165, 1.54) is 5.56 Å². The molecule has 2 atom stereocenters. The van der Waals surface area contributed by atoms with Crippen LogP contribution in [0.5, 0.6) is 0 Å². The highest BCUT2D eigenvalue weighted by Crippen LogP contribution is 2.34. The fraction of sp³-hybridized carbons (Fsp3) is 0.312. The molecule has 6 heterocycles. The predicted molar refractivity (Wildman–Crippen MR) is 162 cm³/mol. The van der Waals surface area contributed by atoms with Crippen molar-refractivity contribution < 1.29 is 4.79 Å². The molecule has 0 radical (unpaired) electrons. The largest absolute Gasteiger partial charge is 0.353 e. The average Bonchev–Trinajstić information content (AvgIpc) is 3.79. The Morgan fingerprint density at radius 3 is 2.42 bits per heavy atom. The van der Waals surface area contributed by atoms with E-state index in [-0.39, 0.29) is 17.7 Å². The quantitative estimate of drug-likeness (QED) is 0.316. The highest BCUT2D eigenvalue weighted by atomic mass is 16.2. The molecule has 2 aliphatic heterocycles. The van der Waals surface area contributed by atoms with Gasteiger partial charge in [0, 0.05) is 75.8 Å². The molecule has 2 saturated heterocycles. The Balaban J connectivity index is 1.08. The number of carbonyl (C=O) groups excluding carboxylic acids is 1.